The zero-order valence-electron chi connectivity index (χ0n) is 13.0. The summed E-state index contributed by atoms with van der Waals surface area (Å²) in [6, 6.07) is 1.76. The zero-order chi connectivity index (χ0) is 15.2. The lowest BCUT2D eigenvalue weighted by Gasteiger charge is -2.15. The molecule has 20 heavy (non-hydrogen) atoms. The Balaban J connectivity index is 2.81. The topological polar surface area (TPSA) is 54.3 Å². The summed E-state index contributed by atoms with van der Waals surface area (Å²) in [6.45, 7) is 6.26. The van der Waals surface area contributed by atoms with Gasteiger partial charge in [-0.3, -0.25) is 0 Å². The molecule has 116 valence electrons. The van der Waals surface area contributed by atoms with E-state index in [1.807, 2.05) is 18.5 Å². The molecule has 0 saturated carbocycles. The third-order valence-corrected chi connectivity index (χ3v) is 5.25. The highest BCUT2D eigenvalue weighted by molar-refractivity contribution is 7.89. The van der Waals surface area contributed by atoms with Gasteiger partial charge in [0.2, 0.25) is 10.0 Å². The molecular formula is C14H27N3O2S. The van der Waals surface area contributed by atoms with Crippen LogP contribution in [0.15, 0.2) is 17.2 Å². The van der Waals surface area contributed by atoms with Crippen molar-refractivity contribution in [1.29, 1.82) is 0 Å². The Labute approximate surface area is 123 Å². The highest BCUT2D eigenvalue weighted by Gasteiger charge is 2.22. The second kappa shape index (κ2) is 7.81. The molecule has 0 fully saturated rings. The minimum atomic E-state index is -3.36. The predicted molar refractivity (Wildman–Crippen MR) is 82.1 cm³/mol. The Bertz CT molecular complexity index is 508. The number of nitrogens with zero attached hydrogens (tertiary/aromatic N) is 2. The minimum Gasteiger partial charge on any atom is -0.352 e. The van der Waals surface area contributed by atoms with Crippen molar-refractivity contribution >= 4 is 10.0 Å². The van der Waals surface area contributed by atoms with Crippen molar-refractivity contribution in [3.63, 3.8) is 0 Å². The maximum absolute atomic E-state index is 12.5. The molecule has 0 unspecified atom stereocenters. The fourth-order valence-corrected chi connectivity index (χ4v) is 3.34. The van der Waals surface area contributed by atoms with Crippen molar-refractivity contribution in [1.82, 2.24) is 14.2 Å². The van der Waals surface area contributed by atoms with Gasteiger partial charge in [-0.25, -0.2) is 12.7 Å². The molecule has 0 spiro atoms. The van der Waals surface area contributed by atoms with Crippen LogP contribution in [0.25, 0.3) is 0 Å². The first kappa shape index (κ1) is 17.2. The van der Waals surface area contributed by atoms with E-state index in [9.17, 15) is 8.42 Å². The number of aryl methyl sites for hydroxylation is 1. The van der Waals surface area contributed by atoms with Crippen LogP contribution in [0.4, 0.5) is 0 Å². The molecule has 0 aliphatic carbocycles. The van der Waals surface area contributed by atoms with Crippen molar-refractivity contribution in [2.45, 2.75) is 44.6 Å². The number of unbranched alkanes of at least 4 members (excludes halogenated alkanes) is 2. The van der Waals surface area contributed by atoms with Crippen LogP contribution in [-0.4, -0.2) is 37.4 Å². The van der Waals surface area contributed by atoms with Crippen LogP contribution in [0.5, 0.6) is 0 Å². The van der Waals surface area contributed by atoms with Crippen LogP contribution in [0.2, 0.25) is 0 Å². The van der Waals surface area contributed by atoms with Crippen LogP contribution in [0.3, 0.4) is 0 Å². The third-order valence-electron chi connectivity index (χ3n) is 3.42. The van der Waals surface area contributed by atoms with Gasteiger partial charge in [0.1, 0.15) is 4.90 Å². The Morgan fingerprint density at radius 3 is 2.60 bits per heavy atom. The van der Waals surface area contributed by atoms with Gasteiger partial charge < -0.3 is 9.88 Å². The van der Waals surface area contributed by atoms with E-state index in [2.05, 4.69) is 12.2 Å². The molecule has 0 aliphatic heterocycles. The molecule has 1 aromatic heterocycles. The Hall–Kier alpha value is -0.850. The summed E-state index contributed by atoms with van der Waals surface area (Å²) >= 11 is 0. The minimum absolute atomic E-state index is 0.381. The number of hydrogen-bond donors (Lipinski definition) is 1. The summed E-state index contributed by atoms with van der Waals surface area (Å²) in [4.78, 5) is 0.381. The first-order valence-corrected chi connectivity index (χ1v) is 8.69. The van der Waals surface area contributed by atoms with Gasteiger partial charge in [-0.1, -0.05) is 26.7 Å². The Kier molecular flexibility index (Phi) is 6.71. The number of aromatic nitrogens is 1. The SMILES string of the molecule is CCCCCN(C)S(=O)(=O)c1cc(CNCC)n(C)c1. The number of nitrogens with one attached hydrogen (secondary N) is 1. The van der Waals surface area contributed by atoms with E-state index in [-0.39, 0.29) is 0 Å². The van der Waals surface area contributed by atoms with E-state index in [4.69, 9.17) is 0 Å². The second-order valence-electron chi connectivity index (χ2n) is 5.09. The fourth-order valence-electron chi connectivity index (χ4n) is 2.03. The monoisotopic (exact) mass is 301 g/mol. The normalized spacial score (nSPS) is 12.2. The number of hydrogen-bond acceptors (Lipinski definition) is 3. The van der Waals surface area contributed by atoms with E-state index in [0.29, 0.717) is 18.0 Å². The van der Waals surface area contributed by atoms with E-state index in [0.717, 1.165) is 31.5 Å². The number of sulfonamides is 1. The van der Waals surface area contributed by atoms with Crippen molar-refractivity contribution in [3.05, 3.63) is 18.0 Å². The summed E-state index contributed by atoms with van der Waals surface area (Å²) in [6.07, 6.45) is 4.74. The summed E-state index contributed by atoms with van der Waals surface area (Å²) in [5.41, 5.74) is 0.979. The zero-order valence-corrected chi connectivity index (χ0v) is 13.8. The van der Waals surface area contributed by atoms with Gasteiger partial charge in [0.05, 0.1) is 0 Å². The third kappa shape index (κ3) is 4.33. The second-order valence-corrected chi connectivity index (χ2v) is 7.14. The lowest BCUT2D eigenvalue weighted by molar-refractivity contribution is 0.454. The molecule has 1 aromatic rings. The molecule has 6 heteroatoms. The van der Waals surface area contributed by atoms with Crippen LogP contribution >= 0.6 is 0 Å². The maximum atomic E-state index is 12.5. The molecule has 0 radical (unpaired) electrons. The maximum Gasteiger partial charge on any atom is 0.244 e. The molecule has 0 aromatic carbocycles. The molecule has 0 aliphatic rings. The molecule has 0 atom stereocenters. The molecule has 0 saturated heterocycles. The standard InChI is InChI=1S/C14H27N3O2S/c1-5-7-8-9-17(4)20(18,19)14-10-13(11-15-6-2)16(3)12-14/h10,12,15H,5-9,11H2,1-4H3. The molecular weight excluding hydrogens is 274 g/mol. The van der Waals surface area contributed by atoms with Crippen molar-refractivity contribution in [2.75, 3.05) is 20.1 Å². The molecule has 1 N–H and O–H groups in total. The van der Waals surface area contributed by atoms with E-state index >= 15 is 0 Å². The van der Waals surface area contributed by atoms with Crippen LogP contribution < -0.4 is 5.32 Å². The van der Waals surface area contributed by atoms with Crippen molar-refractivity contribution in [3.8, 4) is 0 Å². The number of rotatable bonds is 9. The molecule has 1 rings (SSSR count). The molecule has 1 heterocycles. The summed E-state index contributed by atoms with van der Waals surface area (Å²) in [7, 11) is 0.171. The molecule has 0 amide bonds. The van der Waals surface area contributed by atoms with Gasteiger partial charge in [0.25, 0.3) is 0 Å². The average molecular weight is 301 g/mol. The lowest BCUT2D eigenvalue weighted by atomic mass is 10.2. The van der Waals surface area contributed by atoms with Crippen molar-refractivity contribution < 1.29 is 8.42 Å². The highest BCUT2D eigenvalue weighted by Crippen LogP contribution is 2.18. The van der Waals surface area contributed by atoms with E-state index < -0.39 is 10.0 Å². The summed E-state index contributed by atoms with van der Waals surface area (Å²) in [5.74, 6) is 0. The summed E-state index contributed by atoms with van der Waals surface area (Å²) < 4.78 is 28.2. The smallest absolute Gasteiger partial charge is 0.244 e. The van der Waals surface area contributed by atoms with Crippen LogP contribution in [-0.2, 0) is 23.6 Å². The van der Waals surface area contributed by atoms with Gasteiger partial charge >= 0.3 is 0 Å². The predicted octanol–water partition coefficient (Wildman–Crippen LogP) is 1.95. The van der Waals surface area contributed by atoms with E-state index in [1.54, 1.807) is 19.3 Å². The van der Waals surface area contributed by atoms with Gasteiger partial charge in [-0.15, -0.1) is 0 Å². The first-order valence-electron chi connectivity index (χ1n) is 7.25. The average Bonchev–Trinajstić information content (AvgIpc) is 2.78. The van der Waals surface area contributed by atoms with Gasteiger partial charge in [-0.2, -0.15) is 0 Å². The van der Waals surface area contributed by atoms with Crippen LogP contribution in [0.1, 0.15) is 38.8 Å². The first-order chi connectivity index (χ1) is 9.43. The van der Waals surface area contributed by atoms with Crippen molar-refractivity contribution in [2.24, 2.45) is 7.05 Å². The Morgan fingerprint density at radius 2 is 2.00 bits per heavy atom. The Morgan fingerprint density at radius 1 is 1.30 bits per heavy atom. The van der Waals surface area contributed by atoms with E-state index in [1.165, 1.54) is 4.31 Å². The van der Waals surface area contributed by atoms with Gasteiger partial charge in [0, 0.05) is 39.1 Å². The highest BCUT2D eigenvalue weighted by atomic mass is 32.2. The lowest BCUT2D eigenvalue weighted by Crippen LogP contribution is -2.27. The van der Waals surface area contributed by atoms with Gasteiger partial charge in [0.15, 0.2) is 0 Å². The molecule has 0 bridgehead atoms. The fraction of sp³-hybridized carbons (Fsp3) is 0.714. The van der Waals surface area contributed by atoms with Crippen LogP contribution in [0, 0.1) is 0 Å². The van der Waals surface area contributed by atoms with Gasteiger partial charge in [-0.05, 0) is 19.0 Å². The quantitative estimate of drug-likeness (QED) is 0.709. The summed E-state index contributed by atoms with van der Waals surface area (Å²) in [5, 5.41) is 3.21. The largest absolute Gasteiger partial charge is 0.352 e. The molecule has 5 nitrogen and oxygen atoms in total.